The summed E-state index contributed by atoms with van der Waals surface area (Å²) in [5.41, 5.74) is 0.344. The molecule has 1 aromatic rings. The van der Waals surface area contributed by atoms with Gasteiger partial charge in [-0.25, -0.2) is 4.39 Å². The standard InChI is InChI=1S/C10H13ClFNO2/c1-13-5-9(14)7-3-6(11)4-8(12)10(7)15-2/h3-4,9,13-14H,5H2,1-2H3. The number of benzene rings is 1. The van der Waals surface area contributed by atoms with Crippen LogP contribution in [0.3, 0.4) is 0 Å². The van der Waals surface area contributed by atoms with Gasteiger partial charge in [0.2, 0.25) is 0 Å². The fourth-order valence-electron chi connectivity index (χ4n) is 1.35. The molecule has 0 aliphatic carbocycles. The maximum atomic E-state index is 13.4. The van der Waals surface area contributed by atoms with Crippen molar-refractivity contribution in [3.8, 4) is 5.75 Å². The Morgan fingerprint density at radius 3 is 2.80 bits per heavy atom. The van der Waals surface area contributed by atoms with Crippen molar-refractivity contribution in [3.63, 3.8) is 0 Å². The van der Waals surface area contributed by atoms with Crippen LogP contribution in [0.1, 0.15) is 11.7 Å². The third kappa shape index (κ3) is 2.81. The Balaban J connectivity index is 3.13. The van der Waals surface area contributed by atoms with Crippen molar-refractivity contribution in [1.82, 2.24) is 5.32 Å². The average Bonchev–Trinajstić information content (AvgIpc) is 2.17. The quantitative estimate of drug-likeness (QED) is 0.833. The van der Waals surface area contributed by atoms with Gasteiger partial charge in [0.1, 0.15) is 0 Å². The van der Waals surface area contributed by atoms with Crippen LogP contribution >= 0.6 is 11.6 Å². The lowest BCUT2D eigenvalue weighted by molar-refractivity contribution is 0.172. The van der Waals surface area contributed by atoms with Crippen molar-refractivity contribution in [1.29, 1.82) is 0 Å². The van der Waals surface area contributed by atoms with Crippen molar-refractivity contribution in [2.24, 2.45) is 0 Å². The van der Waals surface area contributed by atoms with Crippen LogP contribution in [0.2, 0.25) is 5.02 Å². The summed E-state index contributed by atoms with van der Waals surface area (Å²) >= 11 is 5.70. The van der Waals surface area contributed by atoms with E-state index in [1.807, 2.05) is 0 Å². The van der Waals surface area contributed by atoms with Gasteiger partial charge in [-0.3, -0.25) is 0 Å². The third-order valence-electron chi connectivity index (χ3n) is 2.00. The van der Waals surface area contributed by atoms with E-state index in [-0.39, 0.29) is 10.8 Å². The third-order valence-corrected chi connectivity index (χ3v) is 2.22. The number of aliphatic hydroxyl groups excluding tert-OH is 1. The second-order valence-electron chi connectivity index (χ2n) is 3.08. The maximum Gasteiger partial charge on any atom is 0.166 e. The Labute approximate surface area is 92.8 Å². The summed E-state index contributed by atoms with van der Waals surface area (Å²) in [5.74, 6) is -0.544. The molecule has 0 aromatic heterocycles. The molecule has 5 heteroatoms. The summed E-state index contributed by atoms with van der Waals surface area (Å²) in [7, 11) is 3.04. The first-order chi connectivity index (χ1) is 7.10. The lowest BCUT2D eigenvalue weighted by Crippen LogP contribution is -2.17. The topological polar surface area (TPSA) is 41.5 Å². The number of hydrogen-bond acceptors (Lipinski definition) is 3. The van der Waals surface area contributed by atoms with Gasteiger partial charge in [-0.05, 0) is 19.2 Å². The van der Waals surface area contributed by atoms with E-state index in [0.29, 0.717) is 12.1 Å². The Bertz CT molecular complexity index is 346. The van der Waals surface area contributed by atoms with E-state index in [9.17, 15) is 9.50 Å². The van der Waals surface area contributed by atoms with Gasteiger partial charge in [0.05, 0.1) is 13.2 Å². The lowest BCUT2D eigenvalue weighted by atomic mass is 10.1. The largest absolute Gasteiger partial charge is 0.493 e. The summed E-state index contributed by atoms with van der Waals surface area (Å²) in [6.45, 7) is 0.302. The second kappa shape index (κ2) is 5.30. The Hall–Kier alpha value is -0.840. The number of hydrogen-bond donors (Lipinski definition) is 2. The molecule has 0 aliphatic rings. The highest BCUT2D eigenvalue weighted by atomic mass is 35.5. The van der Waals surface area contributed by atoms with E-state index < -0.39 is 11.9 Å². The second-order valence-corrected chi connectivity index (χ2v) is 3.52. The molecule has 0 amide bonds. The highest BCUT2D eigenvalue weighted by Crippen LogP contribution is 2.31. The van der Waals surface area contributed by atoms with Crippen molar-refractivity contribution in [2.45, 2.75) is 6.10 Å². The van der Waals surface area contributed by atoms with Gasteiger partial charge in [-0.15, -0.1) is 0 Å². The number of ether oxygens (including phenoxy) is 1. The van der Waals surface area contributed by atoms with Crippen LogP contribution in [0.4, 0.5) is 4.39 Å². The molecule has 0 heterocycles. The molecule has 1 atom stereocenters. The van der Waals surface area contributed by atoms with Gasteiger partial charge in [0, 0.05) is 17.1 Å². The molecule has 84 valence electrons. The van der Waals surface area contributed by atoms with Crippen molar-refractivity contribution in [2.75, 3.05) is 20.7 Å². The van der Waals surface area contributed by atoms with Gasteiger partial charge in [-0.1, -0.05) is 11.6 Å². The number of likely N-dealkylation sites (N-methyl/N-ethyl adjacent to an activating group) is 1. The first kappa shape index (κ1) is 12.2. The molecule has 0 radical (unpaired) electrons. The number of halogens is 2. The predicted octanol–water partition coefficient (Wildman–Crippen LogP) is 1.74. The number of methoxy groups -OCH3 is 1. The molecule has 0 aliphatic heterocycles. The van der Waals surface area contributed by atoms with Gasteiger partial charge in [-0.2, -0.15) is 0 Å². The summed E-state index contributed by atoms with van der Waals surface area (Å²) in [5, 5.41) is 12.7. The molecule has 1 rings (SSSR count). The molecule has 0 fully saturated rings. The fourth-order valence-corrected chi connectivity index (χ4v) is 1.56. The van der Waals surface area contributed by atoms with Crippen molar-refractivity contribution >= 4 is 11.6 Å². The zero-order valence-electron chi connectivity index (χ0n) is 8.55. The fraction of sp³-hybridized carbons (Fsp3) is 0.400. The SMILES string of the molecule is CNCC(O)c1cc(Cl)cc(F)c1OC. The predicted molar refractivity (Wildman–Crippen MR) is 56.8 cm³/mol. The highest BCUT2D eigenvalue weighted by Gasteiger charge is 2.17. The summed E-state index contributed by atoms with van der Waals surface area (Å²) in [4.78, 5) is 0. The molecular formula is C10H13ClFNO2. The number of nitrogens with one attached hydrogen (secondary N) is 1. The van der Waals surface area contributed by atoms with Gasteiger partial charge < -0.3 is 15.2 Å². The molecule has 0 spiro atoms. The first-order valence-electron chi connectivity index (χ1n) is 4.45. The molecule has 0 saturated carbocycles. The lowest BCUT2D eigenvalue weighted by Gasteiger charge is -2.15. The number of aliphatic hydroxyl groups is 1. The van der Waals surface area contributed by atoms with E-state index >= 15 is 0 Å². The monoisotopic (exact) mass is 233 g/mol. The van der Waals surface area contributed by atoms with E-state index in [0.717, 1.165) is 6.07 Å². The van der Waals surface area contributed by atoms with Crippen LogP contribution < -0.4 is 10.1 Å². The van der Waals surface area contributed by atoms with E-state index in [1.165, 1.54) is 13.2 Å². The van der Waals surface area contributed by atoms with E-state index in [4.69, 9.17) is 16.3 Å². The summed E-state index contributed by atoms with van der Waals surface area (Å²) < 4.78 is 18.2. The van der Waals surface area contributed by atoms with E-state index in [2.05, 4.69) is 5.32 Å². The van der Waals surface area contributed by atoms with Gasteiger partial charge in [0.15, 0.2) is 11.6 Å². The minimum absolute atomic E-state index is 0.0298. The minimum atomic E-state index is -0.849. The Kier molecular flexibility index (Phi) is 4.32. The van der Waals surface area contributed by atoms with Gasteiger partial charge >= 0.3 is 0 Å². The molecule has 0 saturated heterocycles. The Morgan fingerprint density at radius 2 is 2.27 bits per heavy atom. The van der Waals surface area contributed by atoms with Crippen LogP contribution in [-0.2, 0) is 0 Å². The van der Waals surface area contributed by atoms with Crippen molar-refractivity contribution in [3.05, 3.63) is 28.5 Å². The van der Waals surface area contributed by atoms with Crippen molar-refractivity contribution < 1.29 is 14.2 Å². The summed E-state index contributed by atoms with van der Waals surface area (Å²) in [6.07, 6.45) is -0.849. The molecule has 1 unspecified atom stereocenters. The zero-order valence-corrected chi connectivity index (χ0v) is 9.31. The van der Waals surface area contributed by atoms with Crippen LogP contribution in [-0.4, -0.2) is 25.8 Å². The maximum absolute atomic E-state index is 13.4. The van der Waals surface area contributed by atoms with E-state index in [1.54, 1.807) is 7.05 Å². The van der Waals surface area contributed by atoms with Crippen LogP contribution in [0, 0.1) is 5.82 Å². The molecule has 3 nitrogen and oxygen atoms in total. The van der Waals surface area contributed by atoms with Crippen LogP contribution in [0.5, 0.6) is 5.75 Å². The molecule has 2 N–H and O–H groups in total. The summed E-state index contributed by atoms with van der Waals surface area (Å²) in [6, 6.07) is 2.64. The zero-order chi connectivity index (χ0) is 11.4. The van der Waals surface area contributed by atoms with Gasteiger partial charge in [0.25, 0.3) is 0 Å². The average molecular weight is 234 g/mol. The normalized spacial score (nSPS) is 12.6. The number of rotatable bonds is 4. The van der Waals surface area contributed by atoms with Crippen LogP contribution in [0.15, 0.2) is 12.1 Å². The highest BCUT2D eigenvalue weighted by molar-refractivity contribution is 6.30. The van der Waals surface area contributed by atoms with Crippen LogP contribution in [0.25, 0.3) is 0 Å². The first-order valence-corrected chi connectivity index (χ1v) is 4.83. The smallest absolute Gasteiger partial charge is 0.166 e. The minimum Gasteiger partial charge on any atom is -0.493 e. The molecule has 15 heavy (non-hydrogen) atoms. The molecule has 1 aromatic carbocycles. The molecular weight excluding hydrogens is 221 g/mol. The Morgan fingerprint density at radius 1 is 1.60 bits per heavy atom. The molecule has 0 bridgehead atoms.